The van der Waals surface area contributed by atoms with E-state index in [1.807, 2.05) is 4.90 Å². The molecule has 1 aliphatic carbocycles. The van der Waals surface area contributed by atoms with Crippen LogP contribution in [0.15, 0.2) is 24.3 Å². The molecule has 156 valence electrons. The highest BCUT2D eigenvalue weighted by Gasteiger charge is 2.47. The summed E-state index contributed by atoms with van der Waals surface area (Å²) in [6, 6.07) is 8.42. The smallest absolute Gasteiger partial charge is 0.233 e. The van der Waals surface area contributed by atoms with Crippen LogP contribution in [-0.2, 0) is 20.9 Å². The summed E-state index contributed by atoms with van der Waals surface area (Å²) in [5.74, 6) is -0.296. The maximum absolute atomic E-state index is 12.7. The second-order valence-electron chi connectivity index (χ2n) is 8.66. The topological polar surface area (TPSA) is 60.9 Å². The van der Waals surface area contributed by atoms with Gasteiger partial charge in [-0.25, -0.2) is 0 Å². The number of hydrogen-bond acceptors (Lipinski definition) is 4. The van der Waals surface area contributed by atoms with Crippen LogP contribution in [0.25, 0.3) is 0 Å². The lowest BCUT2D eigenvalue weighted by atomic mass is 9.81. The van der Waals surface area contributed by atoms with Gasteiger partial charge in [-0.05, 0) is 30.9 Å². The van der Waals surface area contributed by atoms with Crippen molar-refractivity contribution in [1.29, 1.82) is 0 Å². The Hall–Kier alpha value is -2.21. The van der Waals surface area contributed by atoms with Crippen molar-refractivity contribution in [3.05, 3.63) is 35.4 Å². The van der Waals surface area contributed by atoms with Gasteiger partial charge in [0.25, 0.3) is 0 Å². The van der Waals surface area contributed by atoms with Crippen molar-refractivity contribution in [2.24, 2.45) is 11.8 Å². The predicted octanol–water partition coefficient (Wildman–Crippen LogP) is 2.20. The van der Waals surface area contributed by atoms with Gasteiger partial charge < -0.3 is 4.90 Å². The van der Waals surface area contributed by atoms with Crippen LogP contribution >= 0.6 is 0 Å². The van der Waals surface area contributed by atoms with E-state index in [2.05, 4.69) is 36.1 Å². The average Bonchev–Trinajstić information content (AvgIpc) is 2.99. The van der Waals surface area contributed by atoms with E-state index in [0.717, 1.165) is 45.3 Å². The molecule has 3 amide bonds. The summed E-state index contributed by atoms with van der Waals surface area (Å²) in [5.41, 5.74) is 2.63. The van der Waals surface area contributed by atoms with Gasteiger partial charge >= 0.3 is 0 Å². The predicted molar refractivity (Wildman–Crippen MR) is 110 cm³/mol. The van der Waals surface area contributed by atoms with Gasteiger partial charge in [0.2, 0.25) is 17.7 Å². The number of carbonyl (C=O) groups is 3. The van der Waals surface area contributed by atoms with Gasteiger partial charge in [-0.15, -0.1) is 0 Å². The molecule has 0 N–H and O–H groups in total. The van der Waals surface area contributed by atoms with Crippen LogP contribution in [0.3, 0.4) is 0 Å². The Bertz CT molecular complexity index is 761. The van der Waals surface area contributed by atoms with E-state index < -0.39 is 0 Å². The molecule has 2 atom stereocenters. The number of piperazine rings is 1. The van der Waals surface area contributed by atoms with Crippen LogP contribution in [0.4, 0.5) is 0 Å². The number of carbonyl (C=O) groups excluding carboxylic acids is 3. The van der Waals surface area contributed by atoms with Crippen molar-refractivity contribution in [1.82, 2.24) is 14.7 Å². The van der Waals surface area contributed by atoms with E-state index in [0.29, 0.717) is 13.1 Å². The maximum atomic E-state index is 12.7. The SMILES string of the molecule is Cc1ccccc1CN1CCN(C(=O)CCN2C(=O)[C@H]3CCCC[C@@H]3C2=O)CC1. The summed E-state index contributed by atoms with van der Waals surface area (Å²) >= 11 is 0. The van der Waals surface area contributed by atoms with Gasteiger partial charge in [-0.1, -0.05) is 37.1 Å². The zero-order valence-corrected chi connectivity index (χ0v) is 17.3. The lowest BCUT2D eigenvalue weighted by molar-refractivity contribution is -0.141. The first-order chi connectivity index (χ1) is 14.0. The lowest BCUT2D eigenvalue weighted by Gasteiger charge is -2.35. The van der Waals surface area contributed by atoms with Crippen molar-refractivity contribution in [2.75, 3.05) is 32.7 Å². The molecule has 6 nitrogen and oxygen atoms in total. The number of amides is 3. The van der Waals surface area contributed by atoms with E-state index in [9.17, 15) is 14.4 Å². The van der Waals surface area contributed by atoms with Crippen LogP contribution in [0.2, 0.25) is 0 Å². The van der Waals surface area contributed by atoms with Gasteiger partial charge in [0.15, 0.2) is 0 Å². The summed E-state index contributed by atoms with van der Waals surface area (Å²) in [6.45, 7) is 6.40. The van der Waals surface area contributed by atoms with E-state index in [1.54, 1.807) is 0 Å². The minimum atomic E-state index is -0.128. The van der Waals surface area contributed by atoms with Crippen molar-refractivity contribution in [3.8, 4) is 0 Å². The minimum Gasteiger partial charge on any atom is -0.340 e. The summed E-state index contributed by atoms with van der Waals surface area (Å²) in [6.07, 6.45) is 3.94. The maximum Gasteiger partial charge on any atom is 0.233 e. The fraction of sp³-hybridized carbons (Fsp3) is 0.609. The summed E-state index contributed by atoms with van der Waals surface area (Å²) in [4.78, 5) is 43.4. The molecular formula is C23H31N3O3. The molecule has 1 aromatic carbocycles. The molecule has 0 bridgehead atoms. The highest BCUT2D eigenvalue weighted by Crippen LogP contribution is 2.38. The van der Waals surface area contributed by atoms with E-state index in [-0.39, 0.29) is 42.5 Å². The molecule has 0 aromatic heterocycles. The van der Waals surface area contributed by atoms with Gasteiger partial charge in [0, 0.05) is 45.7 Å². The standard InChI is InChI=1S/C23H31N3O3/c1-17-6-2-3-7-18(17)16-24-12-14-25(15-13-24)21(27)10-11-26-22(28)19-8-4-5-9-20(19)23(26)29/h2-3,6-7,19-20H,4-5,8-16H2,1H3/t19-,20-/m0/s1. The summed E-state index contributed by atoms with van der Waals surface area (Å²) in [5, 5.41) is 0. The number of hydrogen-bond donors (Lipinski definition) is 0. The fourth-order valence-electron chi connectivity index (χ4n) is 5.00. The molecule has 0 radical (unpaired) electrons. The van der Waals surface area contributed by atoms with Crippen LogP contribution in [0.5, 0.6) is 0 Å². The first-order valence-electron chi connectivity index (χ1n) is 10.9. The molecule has 3 aliphatic rings. The number of imide groups is 1. The van der Waals surface area contributed by atoms with Crippen LogP contribution in [0.1, 0.15) is 43.2 Å². The molecule has 0 unspecified atom stereocenters. The number of likely N-dealkylation sites (tertiary alicyclic amines) is 1. The summed E-state index contributed by atoms with van der Waals surface area (Å²) in [7, 11) is 0. The Morgan fingerprint density at radius 2 is 1.59 bits per heavy atom. The van der Waals surface area contributed by atoms with Gasteiger partial charge in [0.05, 0.1) is 11.8 Å². The van der Waals surface area contributed by atoms with Crippen molar-refractivity contribution in [3.63, 3.8) is 0 Å². The number of rotatable bonds is 5. The first kappa shape index (κ1) is 20.1. The molecule has 0 spiro atoms. The number of benzene rings is 1. The Balaban J connectivity index is 1.25. The number of fused-ring (bicyclic) bond motifs is 1. The Morgan fingerprint density at radius 3 is 2.21 bits per heavy atom. The zero-order chi connectivity index (χ0) is 20.4. The molecule has 4 rings (SSSR count). The second-order valence-corrected chi connectivity index (χ2v) is 8.66. The summed E-state index contributed by atoms with van der Waals surface area (Å²) < 4.78 is 0. The minimum absolute atomic E-state index is 0.0458. The molecule has 2 heterocycles. The highest BCUT2D eigenvalue weighted by molar-refractivity contribution is 6.05. The molecule has 3 fully saturated rings. The van der Waals surface area contributed by atoms with Crippen LogP contribution < -0.4 is 0 Å². The largest absolute Gasteiger partial charge is 0.340 e. The van der Waals surface area contributed by atoms with Crippen molar-refractivity contribution < 1.29 is 14.4 Å². The quantitative estimate of drug-likeness (QED) is 0.715. The molecule has 2 saturated heterocycles. The number of aryl methyl sites for hydroxylation is 1. The van der Waals surface area contributed by atoms with Crippen molar-refractivity contribution >= 4 is 17.7 Å². The zero-order valence-electron chi connectivity index (χ0n) is 17.3. The third-order valence-electron chi connectivity index (χ3n) is 6.86. The highest BCUT2D eigenvalue weighted by atomic mass is 16.2. The first-order valence-corrected chi connectivity index (χ1v) is 10.9. The normalized spacial score (nSPS) is 25.4. The fourth-order valence-corrected chi connectivity index (χ4v) is 5.00. The third kappa shape index (κ3) is 4.22. The van der Waals surface area contributed by atoms with Gasteiger partial charge in [-0.2, -0.15) is 0 Å². The molecule has 1 saturated carbocycles. The van der Waals surface area contributed by atoms with E-state index in [4.69, 9.17) is 0 Å². The average molecular weight is 398 g/mol. The van der Waals surface area contributed by atoms with E-state index >= 15 is 0 Å². The monoisotopic (exact) mass is 397 g/mol. The van der Waals surface area contributed by atoms with Gasteiger partial charge in [0.1, 0.15) is 0 Å². The lowest BCUT2D eigenvalue weighted by Crippen LogP contribution is -2.49. The van der Waals surface area contributed by atoms with Crippen molar-refractivity contribution in [2.45, 2.75) is 45.6 Å². The number of nitrogens with zero attached hydrogens (tertiary/aromatic N) is 3. The van der Waals surface area contributed by atoms with Crippen LogP contribution in [0, 0.1) is 18.8 Å². The second kappa shape index (κ2) is 8.66. The molecular weight excluding hydrogens is 366 g/mol. The Kier molecular flexibility index (Phi) is 5.99. The Labute approximate surface area is 172 Å². The van der Waals surface area contributed by atoms with Crippen LogP contribution in [-0.4, -0.2) is 65.1 Å². The van der Waals surface area contributed by atoms with E-state index in [1.165, 1.54) is 16.0 Å². The van der Waals surface area contributed by atoms with Gasteiger partial charge in [-0.3, -0.25) is 24.2 Å². The molecule has 29 heavy (non-hydrogen) atoms. The molecule has 1 aromatic rings. The molecule has 6 heteroatoms. The Morgan fingerprint density at radius 1 is 0.966 bits per heavy atom. The molecule has 2 aliphatic heterocycles. The third-order valence-corrected chi connectivity index (χ3v) is 6.86.